The second kappa shape index (κ2) is 2.75. The molecule has 0 aliphatic rings. The zero-order valence-corrected chi connectivity index (χ0v) is 7.07. The van der Waals surface area contributed by atoms with E-state index in [0.717, 1.165) is 7.89 Å². The highest BCUT2D eigenvalue weighted by molar-refractivity contribution is 14.1. The average Bonchev–Trinajstić information content (AvgIpc) is 2.14. The second-order valence-electron chi connectivity index (χ2n) is 1.28. The number of halogens is 1. The van der Waals surface area contributed by atoms with Crippen molar-refractivity contribution < 1.29 is 0 Å². The van der Waals surface area contributed by atoms with Gasteiger partial charge in [-0.25, -0.2) is 4.98 Å². The summed E-state index contributed by atoms with van der Waals surface area (Å²) in [7, 11) is 0. The molecule has 2 N–H and O–H groups in total. The van der Waals surface area contributed by atoms with Crippen LogP contribution in [0.15, 0.2) is 6.20 Å². The van der Waals surface area contributed by atoms with Gasteiger partial charge in [0, 0.05) is 17.6 Å². The molecule has 0 spiro atoms. The third kappa shape index (κ3) is 1.40. The molecule has 0 saturated heterocycles. The third-order valence-corrected chi connectivity index (χ3v) is 2.47. The maximum absolute atomic E-state index is 5.33. The van der Waals surface area contributed by atoms with Crippen molar-refractivity contribution in [2.75, 3.05) is 0 Å². The Hall–Kier alpha value is 0.320. The molecule has 0 amide bonds. The predicted molar refractivity (Wildman–Crippen MR) is 42.7 cm³/mol. The minimum Gasteiger partial charge on any atom is -0.326 e. The summed E-state index contributed by atoms with van der Waals surface area (Å²) in [6.07, 6.45) is 1.81. The van der Waals surface area contributed by atoms with E-state index < -0.39 is 0 Å². The fourth-order valence-corrected chi connectivity index (χ4v) is 1.88. The van der Waals surface area contributed by atoms with E-state index in [-0.39, 0.29) is 0 Å². The molecule has 1 rings (SSSR count). The number of aromatic nitrogens is 1. The van der Waals surface area contributed by atoms with Crippen molar-refractivity contribution in [2.24, 2.45) is 5.73 Å². The van der Waals surface area contributed by atoms with E-state index in [9.17, 15) is 0 Å². The lowest BCUT2D eigenvalue weighted by molar-refractivity contribution is 1.09. The molecular formula is C4H5IN2S. The first kappa shape index (κ1) is 6.44. The second-order valence-corrected chi connectivity index (χ2v) is 4.15. The van der Waals surface area contributed by atoms with Crippen LogP contribution < -0.4 is 5.73 Å². The minimum absolute atomic E-state index is 0.612. The van der Waals surface area contributed by atoms with Gasteiger partial charge in [-0.1, -0.05) is 0 Å². The Kier molecular flexibility index (Phi) is 2.21. The molecule has 0 atom stereocenters. The van der Waals surface area contributed by atoms with Crippen LogP contribution >= 0.6 is 33.9 Å². The fraction of sp³-hybridized carbons (Fsp3) is 0.250. The Morgan fingerprint density at radius 3 is 2.88 bits per heavy atom. The fourth-order valence-electron chi connectivity index (χ4n) is 0.378. The molecule has 1 aromatic heterocycles. The highest BCUT2D eigenvalue weighted by atomic mass is 127. The van der Waals surface area contributed by atoms with Crippen molar-refractivity contribution >= 4 is 33.9 Å². The van der Waals surface area contributed by atoms with Crippen LogP contribution in [0, 0.1) is 3.01 Å². The summed E-state index contributed by atoms with van der Waals surface area (Å²) in [6.45, 7) is 0.612. The number of nitrogens with two attached hydrogens (primary N) is 1. The molecule has 44 valence electrons. The summed E-state index contributed by atoms with van der Waals surface area (Å²) >= 11 is 3.81. The van der Waals surface area contributed by atoms with Crippen LogP contribution in [-0.4, -0.2) is 4.98 Å². The van der Waals surface area contributed by atoms with Crippen molar-refractivity contribution in [2.45, 2.75) is 6.54 Å². The van der Waals surface area contributed by atoms with Gasteiger partial charge in [-0.05, 0) is 22.6 Å². The standard InChI is InChI=1S/C4H5IN2S/c5-4-7-2-3(1-6)8-4/h2H,1,6H2. The molecule has 4 heteroatoms. The van der Waals surface area contributed by atoms with Gasteiger partial charge in [0.15, 0.2) is 3.01 Å². The van der Waals surface area contributed by atoms with Gasteiger partial charge >= 0.3 is 0 Å². The Morgan fingerprint density at radius 1 is 1.88 bits per heavy atom. The minimum atomic E-state index is 0.612. The Balaban J connectivity index is 2.84. The predicted octanol–water partition coefficient (Wildman–Crippen LogP) is 1.21. The number of thiazole rings is 1. The highest BCUT2D eigenvalue weighted by Crippen LogP contribution is 2.12. The van der Waals surface area contributed by atoms with E-state index in [2.05, 4.69) is 27.6 Å². The molecule has 0 unspecified atom stereocenters. The zero-order chi connectivity index (χ0) is 5.98. The maximum Gasteiger partial charge on any atom is 0.154 e. The van der Waals surface area contributed by atoms with Crippen molar-refractivity contribution in [1.82, 2.24) is 4.98 Å². The monoisotopic (exact) mass is 240 g/mol. The molecule has 0 saturated carbocycles. The largest absolute Gasteiger partial charge is 0.326 e. The number of hydrogen-bond donors (Lipinski definition) is 1. The number of hydrogen-bond acceptors (Lipinski definition) is 3. The van der Waals surface area contributed by atoms with Gasteiger partial charge in [-0.2, -0.15) is 0 Å². The zero-order valence-electron chi connectivity index (χ0n) is 4.10. The van der Waals surface area contributed by atoms with Crippen molar-refractivity contribution in [1.29, 1.82) is 0 Å². The Morgan fingerprint density at radius 2 is 2.62 bits per heavy atom. The maximum atomic E-state index is 5.33. The van der Waals surface area contributed by atoms with E-state index in [1.165, 1.54) is 0 Å². The Bertz CT molecular complexity index is 174. The van der Waals surface area contributed by atoms with Crippen LogP contribution in [0.5, 0.6) is 0 Å². The van der Waals surface area contributed by atoms with E-state index in [0.29, 0.717) is 6.54 Å². The van der Waals surface area contributed by atoms with Gasteiger partial charge in [0.05, 0.1) is 0 Å². The summed E-state index contributed by atoms with van der Waals surface area (Å²) < 4.78 is 1.06. The summed E-state index contributed by atoms with van der Waals surface area (Å²) in [6, 6.07) is 0. The molecule has 0 aliphatic heterocycles. The van der Waals surface area contributed by atoms with E-state index in [4.69, 9.17) is 5.73 Å². The van der Waals surface area contributed by atoms with E-state index in [1.807, 2.05) is 6.20 Å². The van der Waals surface area contributed by atoms with Crippen molar-refractivity contribution in [3.05, 3.63) is 14.1 Å². The first-order chi connectivity index (χ1) is 3.83. The van der Waals surface area contributed by atoms with Gasteiger partial charge in [-0.3, -0.25) is 0 Å². The van der Waals surface area contributed by atoms with Gasteiger partial charge in [-0.15, -0.1) is 11.3 Å². The summed E-state index contributed by atoms with van der Waals surface area (Å²) in [4.78, 5) is 5.16. The van der Waals surface area contributed by atoms with Crippen molar-refractivity contribution in [3.63, 3.8) is 0 Å². The van der Waals surface area contributed by atoms with E-state index >= 15 is 0 Å². The first-order valence-electron chi connectivity index (χ1n) is 2.13. The molecule has 0 bridgehead atoms. The lowest BCUT2D eigenvalue weighted by Gasteiger charge is -1.78. The lowest BCUT2D eigenvalue weighted by Crippen LogP contribution is -1.91. The molecule has 0 aliphatic carbocycles. The quantitative estimate of drug-likeness (QED) is 0.749. The van der Waals surface area contributed by atoms with Crippen LogP contribution in [0.2, 0.25) is 0 Å². The van der Waals surface area contributed by atoms with Crippen LogP contribution in [0.4, 0.5) is 0 Å². The van der Waals surface area contributed by atoms with Gasteiger partial charge in [0.25, 0.3) is 0 Å². The Labute approximate surface area is 65.3 Å². The third-order valence-electron chi connectivity index (χ3n) is 0.727. The summed E-state index contributed by atoms with van der Waals surface area (Å²) in [5.74, 6) is 0. The molecule has 8 heavy (non-hydrogen) atoms. The van der Waals surface area contributed by atoms with E-state index in [1.54, 1.807) is 11.3 Å². The summed E-state index contributed by atoms with van der Waals surface area (Å²) in [5, 5.41) is 0. The molecule has 0 radical (unpaired) electrons. The molecule has 1 aromatic rings. The topological polar surface area (TPSA) is 38.9 Å². The highest BCUT2D eigenvalue weighted by Gasteiger charge is 1.92. The lowest BCUT2D eigenvalue weighted by atomic mass is 10.6. The van der Waals surface area contributed by atoms with Gasteiger partial charge < -0.3 is 5.73 Å². The van der Waals surface area contributed by atoms with Gasteiger partial charge in [0.2, 0.25) is 0 Å². The molecule has 1 heterocycles. The van der Waals surface area contributed by atoms with Crippen LogP contribution in [0.3, 0.4) is 0 Å². The molecular weight excluding hydrogens is 235 g/mol. The smallest absolute Gasteiger partial charge is 0.154 e. The summed E-state index contributed by atoms with van der Waals surface area (Å²) in [5.41, 5.74) is 5.33. The molecule has 0 aromatic carbocycles. The average molecular weight is 240 g/mol. The first-order valence-corrected chi connectivity index (χ1v) is 4.02. The van der Waals surface area contributed by atoms with Crippen LogP contribution in [0.25, 0.3) is 0 Å². The van der Waals surface area contributed by atoms with Gasteiger partial charge in [0.1, 0.15) is 0 Å². The number of nitrogens with zero attached hydrogens (tertiary/aromatic N) is 1. The van der Waals surface area contributed by atoms with Crippen LogP contribution in [-0.2, 0) is 6.54 Å². The normalized spacial score (nSPS) is 9.75. The van der Waals surface area contributed by atoms with Crippen molar-refractivity contribution in [3.8, 4) is 0 Å². The number of rotatable bonds is 1. The SMILES string of the molecule is NCc1cnc(I)s1. The molecule has 2 nitrogen and oxygen atoms in total. The molecule has 0 fully saturated rings. The van der Waals surface area contributed by atoms with Crippen LogP contribution in [0.1, 0.15) is 4.88 Å².